The lowest BCUT2D eigenvalue weighted by Gasteiger charge is -2.15. The van der Waals surface area contributed by atoms with Crippen molar-refractivity contribution in [2.75, 3.05) is 18.4 Å². The van der Waals surface area contributed by atoms with Crippen LogP contribution in [0, 0.1) is 19.8 Å². The maximum atomic E-state index is 12.9. The third-order valence-electron chi connectivity index (χ3n) is 5.06. The lowest BCUT2D eigenvalue weighted by Crippen LogP contribution is -2.28. The Bertz CT molecular complexity index is 959. The van der Waals surface area contributed by atoms with E-state index in [-0.39, 0.29) is 17.7 Å². The second-order valence-electron chi connectivity index (χ2n) is 7.10. The minimum Gasteiger partial charge on any atom is -0.315 e. The molecule has 3 aromatic rings. The third-order valence-corrected chi connectivity index (χ3v) is 5.94. The van der Waals surface area contributed by atoms with E-state index in [0.717, 1.165) is 28.2 Å². The Morgan fingerprint density at radius 2 is 2.04 bits per heavy atom. The van der Waals surface area contributed by atoms with Crippen molar-refractivity contribution in [3.63, 3.8) is 0 Å². The first-order valence-corrected chi connectivity index (χ1v) is 9.87. The highest BCUT2D eigenvalue weighted by atomic mass is 32.1. The summed E-state index contributed by atoms with van der Waals surface area (Å²) in [5.41, 5.74) is 4.32. The van der Waals surface area contributed by atoms with Gasteiger partial charge in [0.2, 0.25) is 5.91 Å². The predicted molar refractivity (Wildman–Crippen MR) is 108 cm³/mol. The third kappa shape index (κ3) is 3.65. The molecule has 1 aliphatic heterocycles. The van der Waals surface area contributed by atoms with Gasteiger partial charge in [-0.2, -0.15) is 5.10 Å². The summed E-state index contributed by atoms with van der Waals surface area (Å²) in [5, 5.41) is 11.3. The Hall–Kier alpha value is -2.51. The molecule has 0 spiro atoms. The van der Waals surface area contributed by atoms with E-state index < -0.39 is 0 Å². The van der Waals surface area contributed by atoms with Crippen molar-refractivity contribution < 1.29 is 4.79 Å². The molecule has 27 heavy (non-hydrogen) atoms. The van der Waals surface area contributed by atoms with E-state index in [4.69, 9.17) is 0 Å². The summed E-state index contributed by atoms with van der Waals surface area (Å²) in [4.78, 5) is 18.7. The Morgan fingerprint density at radius 1 is 1.26 bits per heavy atom. The van der Waals surface area contributed by atoms with Gasteiger partial charge in [-0.25, -0.2) is 4.98 Å². The van der Waals surface area contributed by atoms with Gasteiger partial charge in [-0.15, -0.1) is 11.3 Å². The monoisotopic (exact) mass is 381 g/mol. The molecule has 1 saturated heterocycles. The number of aromatic nitrogens is 3. The van der Waals surface area contributed by atoms with Crippen LogP contribution in [0.15, 0.2) is 36.7 Å². The van der Waals surface area contributed by atoms with E-state index >= 15 is 0 Å². The molecule has 0 radical (unpaired) electrons. The van der Waals surface area contributed by atoms with Crippen molar-refractivity contribution >= 4 is 22.4 Å². The minimum atomic E-state index is -0.124. The molecule has 0 bridgehead atoms. The highest BCUT2D eigenvalue weighted by molar-refractivity contribution is 7.16. The number of carbonyl (C=O) groups excluding carboxylic acids is 1. The molecule has 1 amide bonds. The molecule has 1 aromatic carbocycles. The smallest absolute Gasteiger partial charge is 0.231 e. The van der Waals surface area contributed by atoms with Crippen LogP contribution in [0.5, 0.6) is 0 Å². The summed E-state index contributed by atoms with van der Waals surface area (Å²) in [6, 6.07) is 8.30. The molecular formula is C20H23N5OS. The van der Waals surface area contributed by atoms with Crippen LogP contribution < -0.4 is 10.6 Å². The molecule has 0 unspecified atom stereocenters. The normalized spacial score (nSPS) is 19.4. The van der Waals surface area contributed by atoms with Gasteiger partial charge >= 0.3 is 0 Å². The number of nitrogens with one attached hydrogen (secondary N) is 2. The first kappa shape index (κ1) is 17.9. The van der Waals surface area contributed by atoms with Crippen molar-refractivity contribution in [1.29, 1.82) is 0 Å². The lowest BCUT2D eigenvalue weighted by atomic mass is 9.90. The summed E-state index contributed by atoms with van der Waals surface area (Å²) < 4.78 is 1.78. The molecule has 0 saturated carbocycles. The molecule has 2 N–H and O–H groups in total. The van der Waals surface area contributed by atoms with Crippen molar-refractivity contribution in [2.45, 2.75) is 19.8 Å². The fourth-order valence-electron chi connectivity index (χ4n) is 3.56. The van der Waals surface area contributed by atoms with Crippen molar-refractivity contribution in [3.8, 4) is 11.3 Å². The van der Waals surface area contributed by atoms with E-state index in [1.165, 1.54) is 16.9 Å². The van der Waals surface area contributed by atoms with Crippen LogP contribution in [0.4, 0.5) is 5.13 Å². The number of thiazole rings is 1. The highest BCUT2D eigenvalue weighted by Crippen LogP contribution is 2.33. The van der Waals surface area contributed by atoms with Gasteiger partial charge in [0, 0.05) is 42.7 Å². The van der Waals surface area contributed by atoms with Crippen LogP contribution in [-0.4, -0.2) is 33.8 Å². The van der Waals surface area contributed by atoms with Gasteiger partial charge in [-0.1, -0.05) is 29.8 Å². The first-order chi connectivity index (χ1) is 13.0. The SMILES string of the molecule is Cc1ccc(-c2nc(NC(=O)[C@H]3CNC[C@@H]3c3cnn(C)c3)sc2C)cc1. The molecule has 2 atom stereocenters. The predicted octanol–water partition coefficient (Wildman–Crippen LogP) is 3.10. The zero-order valence-electron chi connectivity index (χ0n) is 15.7. The van der Waals surface area contributed by atoms with Crippen LogP contribution in [-0.2, 0) is 11.8 Å². The molecule has 4 rings (SSSR count). The standard InChI is InChI=1S/C20H23N5OS/c1-12-4-6-14(7-5-12)18-13(2)27-20(23-18)24-19(26)17-10-21-9-16(17)15-8-22-25(3)11-15/h4-8,11,16-17,21H,9-10H2,1-3H3,(H,23,24,26)/t16-,17+/m1/s1. The Balaban J connectivity index is 1.51. The van der Waals surface area contributed by atoms with Crippen LogP contribution in [0.25, 0.3) is 11.3 Å². The van der Waals surface area contributed by atoms with Crippen molar-refractivity contribution in [2.24, 2.45) is 13.0 Å². The number of benzene rings is 1. The van der Waals surface area contributed by atoms with Crippen molar-refractivity contribution in [3.05, 3.63) is 52.7 Å². The lowest BCUT2D eigenvalue weighted by molar-refractivity contribution is -0.119. The van der Waals surface area contributed by atoms with Crippen molar-refractivity contribution in [1.82, 2.24) is 20.1 Å². The molecule has 7 heteroatoms. The number of amides is 1. The summed E-state index contributed by atoms with van der Waals surface area (Å²) in [7, 11) is 1.89. The van der Waals surface area contributed by atoms with Gasteiger partial charge < -0.3 is 10.6 Å². The van der Waals surface area contributed by atoms with Crippen LogP contribution in [0.2, 0.25) is 0 Å². The topological polar surface area (TPSA) is 71.8 Å². The number of rotatable bonds is 4. The zero-order valence-corrected chi connectivity index (χ0v) is 16.5. The van der Waals surface area contributed by atoms with Crippen LogP contribution >= 0.6 is 11.3 Å². The molecular weight excluding hydrogens is 358 g/mol. The van der Waals surface area contributed by atoms with Gasteiger partial charge in [-0.3, -0.25) is 9.48 Å². The number of aryl methyl sites for hydroxylation is 3. The molecule has 0 aliphatic carbocycles. The average Bonchev–Trinajstić information content (AvgIpc) is 3.35. The Labute approximate surface area is 162 Å². The van der Waals surface area contributed by atoms with Gasteiger partial charge in [0.25, 0.3) is 0 Å². The molecule has 1 aliphatic rings. The number of nitrogens with zero attached hydrogens (tertiary/aromatic N) is 3. The highest BCUT2D eigenvalue weighted by Gasteiger charge is 2.35. The van der Waals surface area contributed by atoms with Gasteiger partial charge in [0.15, 0.2) is 5.13 Å². The number of hydrogen-bond donors (Lipinski definition) is 2. The zero-order chi connectivity index (χ0) is 19.0. The molecule has 2 aromatic heterocycles. The van der Waals surface area contributed by atoms with Gasteiger partial charge in [0.05, 0.1) is 17.8 Å². The Morgan fingerprint density at radius 3 is 2.74 bits per heavy atom. The maximum absolute atomic E-state index is 12.9. The Kier molecular flexibility index (Phi) is 4.80. The number of anilines is 1. The van der Waals surface area contributed by atoms with E-state index in [1.54, 1.807) is 4.68 Å². The van der Waals surface area contributed by atoms with E-state index in [0.29, 0.717) is 11.7 Å². The first-order valence-electron chi connectivity index (χ1n) is 9.06. The fraction of sp³-hybridized carbons (Fsp3) is 0.350. The summed E-state index contributed by atoms with van der Waals surface area (Å²) in [6.45, 7) is 5.56. The fourth-order valence-corrected chi connectivity index (χ4v) is 4.40. The van der Waals surface area contributed by atoms with Crippen LogP contribution in [0.1, 0.15) is 21.9 Å². The quantitative estimate of drug-likeness (QED) is 0.728. The second kappa shape index (κ2) is 7.25. The summed E-state index contributed by atoms with van der Waals surface area (Å²) >= 11 is 1.52. The van der Waals surface area contributed by atoms with E-state index in [1.807, 2.05) is 26.4 Å². The number of carbonyl (C=O) groups is 1. The molecule has 1 fully saturated rings. The minimum absolute atomic E-state index is 0.0121. The van der Waals surface area contributed by atoms with Crippen LogP contribution in [0.3, 0.4) is 0 Å². The van der Waals surface area contributed by atoms with E-state index in [9.17, 15) is 4.79 Å². The molecule has 6 nitrogen and oxygen atoms in total. The maximum Gasteiger partial charge on any atom is 0.231 e. The molecule has 3 heterocycles. The summed E-state index contributed by atoms with van der Waals surface area (Å²) in [5.74, 6) is 0.0237. The largest absolute Gasteiger partial charge is 0.315 e. The van der Waals surface area contributed by atoms with E-state index in [2.05, 4.69) is 51.9 Å². The average molecular weight is 382 g/mol. The summed E-state index contributed by atoms with van der Waals surface area (Å²) in [6.07, 6.45) is 3.84. The van der Waals surface area contributed by atoms with Gasteiger partial charge in [-0.05, 0) is 19.4 Å². The molecule has 140 valence electrons. The number of hydrogen-bond acceptors (Lipinski definition) is 5. The second-order valence-corrected chi connectivity index (χ2v) is 8.30. The van der Waals surface area contributed by atoms with Gasteiger partial charge in [0.1, 0.15) is 0 Å².